The van der Waals surface area contributed by atoms with Crippen LogP contribution in [-0.4, -0.2) is 21.2 Å². The van der Waals surface area contributed by atoms with Gasteiger partial charge in [-0.15, -0.1) is 12.4 Å². The molecule has 0 heterocycles. The number of hydrogen-bond acceptors (Lipinski definition) is 4. The summed E-state index contributed by atoms with van der Waals surface area (Å²) in [5.74, 6) is 0. The van der Waals surface area contributed by atoms with Crippen molar-refractivity contribution in [1.82, 2.24) is 0 Å². The molecule has 0 amide bonds. The van der Waals surface area contributed by atoms with Gasteiger partial charge in [-0.25, -0.2) is 8.42 Å². The molecule has 0 fully saturated rings. The third-order valence-corrected chi connectivity index (χ3v) is 3.83. The van der Waals surface area contributed by atoms with E-state index < -0.39 is 9.84 Å². The van der Waals surface area contributed by atoms with E-state index in [9.17, 15) is 8.42 Å². The van der Waals surface area contributed by atoms with Crippen LogP contribution < -0.4 is 11.5 Å². The molecule has 1 aromatic carbocycles. The Morgan fingerprint density at radius 1 is 1.17 bits per heavy atom. The minimum atomic E-state index is -3.12. The summed E-state index contributed by atoms with van der Waals surface area (Å²) in [4.78, 5) is 0.329. The molecule has 0 unspecified atom stereocenters. The van der Waals surface area contributed by atoms with Gasteiger partial charge in [-0.1, -0.05) is 18.6 Å². The summed E-state index contributed by atoms with van der Waals surface area (Å²) < 4.78 is 22.6. The van der Waals surface area contributed by atoms with Crippen molar-refractivity contribution in [3.8, 4) is 0 Å². The highest BCUT2D eigenvalue weighted by molar-refractivity contribution is 7.90. The van der Waals surface area contributed by atoms with Gasteiger partial charge in [0.1, 0.15) is 0 Å². The first-order valence-electron chi connectivity index (χ1n) is 5.71. The van der Waals surface area contributed by atoms with Crippen molar-refractivity contribution >= 4 is 22.2 Å². The molecule has 18 heavy (non-hydrogen) atoms. The monoisotopic (exact) mass is 292 g/mol. The fraction of sp³-hybridized carbons (Fsp3) is 0.500. The lowest BCUT2D eigenvalue weighted by Gasteiger charge is -2.12. The van der Waals surface area contributed by atoms with Crippen LogP contribution in [-0.2, 0) is 9.84 Å². The third kappa shape index (κ3) is 5.35. The normalized spacial score (nSPS) is 12.8. The van der Waals surface area contributed by atoms with E-state index in [-0.39, 0.29) is 18.4 Å². The van der Waals surface area contributed by atoms with Gasteiger partial charge < -0.3 is 11.5 Å². The van der Waals surface area contributed by atoms with Crippen molar-refractivity contribution in [2.45, 2.75) is 30.2 Å². The number of benzene rings is 1. The quantitative estimate of drug-likeness (QED) is 0.781. The van der Waals surface area contributed by atoms with Gasteiger partial charge in [0.25, 0.3) is 0 Å². The molecule has 1 aromatic rings. The SMILES string of the molecule is CS(=O)(=O)c1ccc([C@H](N)CCCCN)cc1.Cl. The molecule has 0 saturated carbocycles. The van der Waals surface area contributed by atoms with Gasteiger partial charge in [0, 0.05) is 12.3 Å². The smallest absolute Gasteiger partial charge is 0.175 e. The molecule has 0 radical (unpaired) electrons. The van der Waals surface area contributed by atoms with Crippen LogP contribution in [0.3, 0.4) is 0 Å². The second-order valence-electron chi connectivity index (χ2n) is 4.23. The van der Waals surface area contributed by atoms with Gasteiger partial charge in [0.05, 0.1) is 4.90 Å². The molecule has 6 heteroatoms. The van der Waals surface area contributed by atoms with Gasteiger partial charge >= 0.3 is 0 Å². The number of halogens is 1. The number of rotatable bonds is 6. The Hall–Kier alpha value is -0.620. The lowest BCUT2D eigenvalue weighted by Crippen LogP contribution is -2.11. The van der Waals surface area contributed by atoms with Crippen LogP contribution in [0.4, 0.5) is 0 Å². The summed E-state index contributed by atoms with van der Waals surface area (Å²) >= 11 is 0. The van der Waals surface area contributed by atoms with Gasteiger partial charge in [0.15, 0.2) is 9.84 Å². The highest BCUT2D eigenvalue weighted by Gasteiger charge is 2.09. The average Bonchev–Trinajstić information content (AvgIpc) is 2.28. The molecule has 1 rings (SSSR count). The fourth-order valence-corrected chi connectivity index (χ4v) is 2.27. The molecule has 104 valence electrons. The first-order valence-corrected chi connectivity index (χ1v) is 7.60. The van der Waals surface area contributed by atoms with Crippen LogP contribution >= 0.6 is 12.4 Å². The topological polar surface area (TPSA) is 86.2 Å². The fourth-order valence-electron chi connectivity index (χ4n) is 1.64. The summed E-state index contributed by atoms with van der Waals surface area (Å²) in [5, 5.41) is 0. The van der Waals surface area contributed by atoms with Crippen molar-refractivity contribution in [2.75, 3.05) is 12.8 Å². The summed E-state index contributed by atoms with van der Waals surface area (Å²) in [5.41, 5.74) is 12.4. The zero-order chi connectivity index (χ0) is 12.9. The number of hydrogen-bond donors (Lipinski definition) is 2. The van der Waals surface area contributed by atoms with Crippen LogP contribution in [0, 0.1) is 0 Å². The van der Waals surface area contributed by atoms with Gasteiger partial charge in [0.2, 0.25) is 0 Å². The Morgan fingerprint density at radius 3 is 2.17 bits per heavy atom. The molecule has 0 aliphatic carbocycles. The lowest BCUT2D eigenvalue weighted by molar-refractivity contribution is 0.589. The standard InChI is InChI=1S/C12H20N2O2S.ClH/c1-17(15,16)11-7-5-10(6-8-11)12(14)4-2-3-9-13;/h5-8,12H,2-4,9,13-14H2,1H3;1H/t12-;/m1./s1. The van der Waals surface area contributed by atoms with Crippen LogP contribution in [0.2, 0.25) is 0 Å². The average molecular weight is 293 g/mol. The predicted molar refractivity (Wildman–Crippen MR) is 76.6 cm³/mol. The van der Waals surface area contributed by atoms with Crippen molar-refractivity contribution < 1.29 is 8.42 Å². The van der Waals surface area contributed by atoms with E-state index in [1.54, 1.807) is 24.3 Å². The van der Waals surface area contributed by atoms with Gasteiger partial charge in [-0.2, -0.15) is 0 Å². The molecule has 0 spiro atoms. The second-order valence-corrected chi connectivity index (χ2v) is 6.25. The van der Waals surface area contributed by atoms with Gasteiger partial charge in [-0.3, -0.25) is 0 Å². The first-order chi connectivity index (χ1) is 7.95. The molecule has 0 saturated heterocycles. The van der Waals surface area contributed by atoms with Crippen molar-refractivity contribution in [2.24, 2.45) is 11.5 Å². The Labute approximate surface area is 115 Å². The Balaban J connectivity index is 0.00000289. The summed E-state index contributed by atoms with van der Waals surface area (Å²) in [6, 6.07) is 6.73. The Bertz CT molecular complexity index is 446. The molecule has 0 aliphatic heterocycles. The van der Waals surface area contributed by atoms with Gasteiger partial charge in [-0.05, 0) is 37.1 Å². The molecule has 0 bridgehead atoms. The largest absolute Gasteiger partial charge is 0.330 e. The van der Waals surface area contributed by atoms with E-state index in [4.69, 9.17) is 11.5 Å². The van der Waals surface area contributed by atoms with E-state index in [1.165, 1.54) is 6.26 Å². The summed E-state index contributed by atoms with van der Waals surface area (Å²) in [6.07, 6.45) is 4.03. The number of nitrogens with two attached hydrogens (primary N) is 2. The predicted octanol–water partition coefficient (Wildman–Crippen LogP) is 1.64. The van der Waals surface area contributed by atoms with E-state index in [1.807, 2.05) is 0 Å². The van der Waals surface area contributed by atoms with Crippen LogP contribution in [0.15, 0.2) is 29.2 Å². The maximum atomic E-state index is 11.3. The van der Waals surface area contributed by atoms with Crippen molar-refractivity contribution in [3.63, 3.8) is 0 Å². The molecule has 4 N–H and O–H groups in total. The number of unbranched alkanes of at least 4 members (excludes halogenated alkanes) is 1. The lowest BCUT2D eigenvalue weighted by atomic mass is 10.0. The zero-order valence-electron chi connectivity index (χ0n) is 10.5. The van der Waals surface area contributed by atoms with E-state index in [2.05, 4.69) is 0 Å². The maximum absolute atomic E-state index is 11.3. The minimum absolute atomic E-state index is 0. The second kappa shape index (κ2) is 7.74. The zero-order valence-corrected chi connectivity index (χ0v) is 12.1. The van der Waals surface area contributed by atoms with E-state index >= 15 is 0 Å². The van der Waals surface area contributed by atoms with Crippen LogP contribution in [0.1, 0.15) is 30.9 Å². The van der Waals surface area contributed by atoms with E-state index in [0.717, 1.165) is 24.8 Å². The van der Waals surface area contributed by atoms with Crippen LogP contribution in [0.25, 0.3) is 0 Å². The Morgan fingerprint density at radius 2 is 1.72 bits per heavy atom. The van der Waals surface area contributed by atoms with E-state index in [0.29, 0.717) is 11.4 Å². The van der Waals surface area contributed by atoms with Crippen molar-refractivity contribution in [1.29, 1.82) is 0 Å². The third-order valence-electron chi connectivity index (χ3n) is 2.71. The molecule has 4 nitrogen and oxygen atoms in total. The van der Waals surface area contributed by atoms with Crippen molar-refractivity contribution in [3.05, 3.63) is 29.8 Å². The Kier molecular flexibility index (Phi) is 7.47. The molecule has 1 atom stereocenters. The molecule has 0 aromatic heterocycles. The summed E-state index contributed by atoms with van der Waals surface area (Å²) in [7, 11) is -3.12. The molecule has 0 aliphatic rings. The molecular weight excluding hydrogens is 272 g/mol. The summed E-state index contributed by atoms with van der Waals surface area (Å²) in [6.45, 7) is 0.680. The maximum Gasteiger partial charge on any atom is 0.175 e. The number of sulfone groups is 1. The highest BCUT2D eigenvalue weighted by atomic mass is 35.5. The highest BCUT2D eigenvalue weighted by Crippen LogP contribution is 2.18. The molecular formula is C12H21ClN2O2S. The van der Waals surface area contributed by atoms with Crippen LogP contribution in [0.5, 0.6) is 0 Å². The first kappa shape index (κ1) is 17.4. The minimum Gasteiger partial charge on any atom is -0.330 e.